The molecular formula is C31H26N4O6. The van der Waals surface area contributed by atoms with Crippen molar-refractivity contribution in [3.63, 3.8) is 0 Å². The van der Waals surface area contributed by atoms with E-state index in [0.717, 1.165) is 28.8 Å². The number of nitrogens with one attached hydrogen (secondary N) is 2. The molecule has 1 heterocycles. The molecule has 1 aliphatic rings. The molecular weight excluding hydrogens is 524 g/mol. The van der Waals surface area contributed by atoms with Crippen molar-refractivity contribution in [2.24, 2.45) is 5.92 Å². The average Bonchev–Trinajstić information content (AvgIpc) is 2.98. The van der Waals surface area contributed by atoms with Gasteiger partial charge in [-0.05, 0) is 59.7 Å². The number of amides is 2. The normalized spacial score (nSPS) is 15.1. The predicted octanol–water partition coefficient (Wildman–Crippen LogP) is 4.88. The number of aromatic nitrogens is 1. The van der Waals surface area contributed by atoms with Crippen molar-refractivity contribution in [2.75, 3.05) is 6.61 Å². The number of nitrogens with zero attached hydrogens (tertiary/aromatic N) is 2. The summed E-state index contributed by atoms with van der Waals surface area (Å²) in [5.74, 6) is -1.84. The number of pyridine rings is 1. The zero-order chi connectivity index (χ0) is 28.9. The molecule has 206 valence electrons. The summed E-state index contributed by atoms with van der Waals surface area (Å²) in [5, 5.41) is 11.4. The van der Waals surface area contributed by atoms with Crippen molar-refractivity contribution >= 4 is 46.0 Å². The lowest BCUT2D eigenvalue weighted by atomic mass is 9.80. The number of hydrogen-bond acceptors (Lipinski definition) is 7. The van der Waals surface area contributed by atoms with Crippen LogP contribution in [0, 0.1) is 16.0 Å². The third-order valence-corrected chi connectivity index (χ3v) is 6.75. The number of hydrazine groups is 1. The van der Waals surface area contributed by atoms with Gasteiger partial charge < -0.3 is 4.74 Å². The summed E-state index contributed by atoms with van der Waals surface area (Å²) in [6, 6.07) is 22.1. The van der Waals surface area contributed by atoms with E-state index in [-0.39, 0.29) is 17.2 Å². The third kappa shape index (κ3) is 6.11. The van der Waals surface area contributed by atoms with Crippen molar-refractivity contribution in [1.82, 2.24) is 15.8 Å². The summed E-state index contributed by atoms with van der Waals surface area (Å²) in [7, 11) is 0. The van der Waals surface area contributed by atoms with E-state index in [2.05, 4.69) is 23.9 Å². The van der Waals surface area contributed by atoms with Crippen LogP contribution in [0.15, 0.2) is 78.9 Å². The average molecular weight is 551 g/mol. The van der Waals surface area contributed by atoms with E-state index < -0.39 is 29.3 Å². The molecule has 0 unspecified atom stereocenters. The Labute approximate surface area is 235 Å². The van der Waals surface area contributed by atoms with Gasteiger partial charge in [-0.25, -0.2) is 9.78 Å². The highest BCUT2D eigenvalue weighted by atomic mass is 16.6. The fourth-order valence-electron chi connectivity index (χ4n) is 4.89. The maximum absolute atomic E-state index is 13.5. The van der Waals surface area contributed by atoms with Gasteiger partial charge in [-0.2, -0.15) is 0 Å². The van der Waals surface area contributed by atoms with Gasteiger partial charge in [0.15, 0.2) is 6.61 Å². The van der Waals surface area contributed by atoms with Gasteiger partial charge in [0.05, 0.1) is 21.7 Å². The number of ether oxygens (including phenoxy) is 1. The van der Waals surface area contributed by atoms with Crippen LogP contribution < -0.4 is 10.9 Å². The Hall–Kier alpha value is -5.38. The van der Waals surface area contributed by atoms with Crippen molar-refractivity contribution in [1.29, 1.82) is 0 Å². The van der Waals surface area contributed by atoms with Gasteiger partial charge in [-0.3, -0.25) is 30.6 Å². The molecule has 1 aromatic heterocycles. The standard InChI is InChI=1S/C31H26N4O6/c1-19-15-22(17-20-7-3-2-4-8-20)29-25(16-19)28(24-9-5-6-10-26(24)32-29)31(38)41-18-27(36)33-34-30(37)21-11-13-23(14-12-21)35(39)40/h2-14,17,19H,15-16,18H2,1H3,(H,33,36)(H,34,37)/b22-17+/t19-/m0/s1. The second-order valence-electron chi connectivity index (χ2n) is 9.81. The molecule has 41 heavy (non-hydrogen) atoms. The second-order valence-corrected chi connectivity index (χ2v) is 9.81. The number of rotatable bonds is 6. The van der Waals surface area contributed by atoms with Crippen LogP contribution in [0.1, 0.15) is 50.9 Å². The molecule has 0 aliphatic heterocycles. The smallest absolute Gasteiger partial charge is 0.339 e. The van der Waals surface area contributed by atoms with Gasteiger partial charge in [0.25, 0.3) is 17.5 Å². The van der Waals surface area contributed by atoms with Crippen LogP contribution in [0.3, 0.4) is 0 Å². The minimum Gasteiger partial charge on any atom is -0.452 e. The zero-order valence-electron chi connectivity index (χ0n) is 22.1. The first-order valence-electron chi connectivity index (χ1n) is 13.0. The third-order valence-electron chi connectivity index (χ3n) is 6.75. The molecule has 3 aromatic carbocycles. The SMILES string of the molecule is C[C@H]1C/C(=C\c2ccccc2)c2nc3ccccc3c(C(=O)OCC(=O)NNC(=O)c3ccc([N+](=O)[O-])cc3)c2C1. The first-order valence-corrected chi connectivity index (χ1v) is 13.0. The Kier molecular flexibility index (Phi) is 7.82. The first kappa shape index (κ1) is 27.2. The lowest BCUT2D eigenvalue weighted by Gasteiger charge is -2.26. The van der Waals surface area contributed by atoms with E-state index in [9.17, 15) is 24.5 Å². The van der Waals surface area contributed by atoms with Crippen LogP contribution in [0.25, 0.3) is 22.6 Å². The highest BCUT2D eigenvalue weighted by Gasteiger charge is 2.29. The lowest BCUT2D eigenvalue weighted by molar-refractivity contribution is -0.384. The molecule has 0 spiro atoms. The quantitative estimate of drug-likeness (QED) is 0.198. The van der Waals surface area contributed by atoms with E-state index in [1.54, 1.807) is 0 Å². The minimum absolute atomic E-state index is 0.108. The molecule has 10 nitrogen and oxygen atoms in total. The number of fused-ring (bicyclic) bond motifs is 2. The van der Waals surface area contributed by atoms with E-state index in [1.165, 1.54) is 24.3 Å². The van der Waals surface area contributed by atoms with Gasteiger partial charge in [-0.15, -0.1) is 0 Å². The number of benzene rings is 3. The van der Waals surface area contributed by atoms with Crippen LogP contribution >= 0.6 is 0 Å². The fourth-order valence-corrected chi connectivity index (χ4v) is 4.89. The van der Waals surface area contributed by atoms with E-state index in [0.29, 0.717) is 22.9 Å². The number of allylic oxidation sites excluding steroid dienone is 1. The number of nitro groups is 1. The number of carbonyl (C=O) groups excluding carboxylic acids is 3. The molecule has 0 saturated heterocycles. The fraction of sp³-hybridized carbons (Fsp3) is 0.161. The molecule has 0 saturated carbocycles. The number of esters is 1. The van der Waals surface area contributed by atoms with Gasteiger partial charge >= 0.3 is 5.97 Å². The van der Waals surface area contributed by atoms with Crippen LogP contribution in [-0.4, -0.2) is 34.3 Å². The molecule has 10 heteroatoms. The molecule has 0 fully saturated rings. The Morgan fingerprint density at radius 1 is 0.976 bits per heavy atom. The number of carbonyl (C=O) groups is 3. The largest absolute Gasteiger partial charge is 0.452 e. The predicted molar refractivity (Wildman–Crippen MR) is 153 cm³/mol. The Bertz CT molecular complexity index is 1680. The van der Waals surface area contributed by atoms with Gasteiger partial charge in [0.1, 0.15) is 0 Å². The van der Waals surface area contributed by atoms with E-state index in [1.807, 2.05) is 54.6 Å². The van der Waals surface area contributed by atoms with Gasteiger partial charge in [0.2, 0.25) is 0 Å². The highest BCUT2D eigenvalue weighted by molar-refractivity contribution is 6.07. The zero-order valence-corrected chi connectivity index (χ0v) is 22.1. The van der Waals surface area contributed by atoms with E-state index >= 15 is 0 Å². The minimum atomic E-state index is -0.751. The van der Waals surface area contributed by atoms with E-state index in [4.69, 9.17) is 9.72 Å². The highest BCUT2D eigenvalue weighted by Crippen LogP contribution is 2.38. The molecule has 0 radical (unpaired) electrons. The summed E-state index contributed by atoms with van der Waals surface area (Å²) in [6.07, 6.45) is 3.52. The second kappa shape index (κ2) is 11.8. The van der Waals surface area contributed by atoms with Gasteiger partial charge in [0, 0.05) is 23.1 Å². The maximum Gasteiger partial charge on any atom is 0.339 e. The lowest BCUT2D eigenvalue weighted by Crippen LogP contribution is -2.43. The van der Waals surface area contributed by atoms with Crippen molar-refractivity contribution < 1.29 is 24.0 Å². The number of para-hydroxylation sites is 1. The van der Waals surface area contributed by atoms with Crippen molar-refractivity contribution in [2.45, 2.75) is 19.8 Å². The molecule has 5 rings (SSSR count). The molecule has 2 amide bonds. The van der Waals surface area contributed by atoms with Crippen molar-refractivity contribution in [3.05, 3.63) is 117 Å². The summed E-state index contributed by atoms with van der Waals surface area (Å²) >= 11 is 0. The maximum atomic E-state index is 13.5. The molecule has 2 N–H and O–H groups in total. The molecule has 4 aromatic rings. The Morgan fingerprint density at radius 2 is 1.68 bits per heavy atom. The number of non-ortho nitro benzene ring substituents is 1. The molecule has 1 aliphatic carbocycles. The monoisotopic (exact) mass is 550 g/mol. The summed E-state index contributed by atoms with van der Waals surface area (Å²) in [5.41, 5.74) is 8.95. The first-order chi connectivity index (χ1) is 19.8. The number of hydrogen-bond donors (Lipinski definition) is 2. The van der Waals surface area contributed by atoms with Gasteiger partial charge in [-0.1, -0.05) is 55.5 Å². The van der Waals surface area contributed by atoms with Crippen LogP contribution in [0.2, 0.25) is 0 Å². The summed E-state index contributed by atoms with van der Waals surface area (Å²) < 4.78 is 5.41. The van der Waals surface area contributed by atoms with Crippen LogP contribution in [0.5, 0.6) is 0 Å². The van der Waals surface area contributed by atoms with Crippen LogP contribution in [0.4, 0.5) is 5.69 Å². The topological polar surface area (TPSA) is 141 Å². The Balaban J connectivity index is 1.34. The number of nitro benzene ring substituents is 1. The Morgan fingerprint density at radius 3 is 2.41 bits per heavy atom. The van der Waals surface area contributed by atoms with Crippen LogP contribution in [-0.2, 0) is 16.0 Å². The molecule has 1 atom stereocenters. The molecule has 0 bridgehead atoms. The summed E-state index contributed by atoms with van der Waals surface area (Å²) in [4.78, 5) is 53.3. The summed E-state index contributed by atoms with van der Waals surface area (Å²) in [6.45, 7) is 1.49. The van der Waals surface area contributed by atoms with Crippen molar-refractivity contribution in [3.8, 4) is 0 Å².